The molecule has 0 aromatic carbocycles. The van der Waals surface area contributed by atoms with Crippen LogP contribution in [0.3, 0.4) is 0 Å². The van der Waals surface area contributed by atoms with E-state index in [2.05, 4.69) is 0 Å². The number of carbonyl (C=O) groups excluding carboxylic acids is 2. The molecule has 1 atom stereocenters. The average molecular weight is 315 g/mol. The van der Waals surface area contributed by atoms with Gasteiger partial charge in [-0.25, -0.2) is 0 Å². The first kappa shape index (κ1) is 18.4. The third kappa shape index (κ3) is 5.27. The van der Waals surface area contributed by atoms with Gasteiger partial charge in [-0.15, -0.1) is 0 Å². The second-order valence-electron chi connectivity index (χ2n) is 5.54. The molecule has 0 unspecified atom stereocenters. The summed E-state index contributed by atoms with van der Waals surface area (Å²) in [5, 5.41) is 11.4. The van der Waals surface area contributed by atoms with Crippen molar-refractivity contribution in [2.75, 3.05) is 13.2 Å². The summed E-state index contributed by atoms with van der Waals surface area (Å²) in [6, 6.07) is -0.904. The molecule has 0 aromatic rings. The minimum absolute atomic E-state index is 0.0879. The van der Waals surface area contributed by atoms with Crippen LogP contribution in [0.2, 0.25) is 0 Å². The van der Waals surface area contributed by atoms with Crippen LogP contribution in [0.5, 0.6) is 0 Å². The summed E-state index contributed by atoms with van der Waals surface area (Å²) in [7, 11) is 0. The van der Waals surface area contributed by atoms with Gasteiger partial charge in [0.25, 0.3) is 0 Å². The number of hydrogen-bond donors (Lipinski definition) is 0. The Balaban J connectivity index is 2.84. The maximum atomic E-state index is 12.0. The lowest BCUT2D eigenvalue weighted by Crippen LogP contribution is -2.38. The molecule has 0 aliphatic heterocycles. The minimum Gasteiger partial charge on any atom is -0.465 e. The molecule has 1 aliphatic carbocycles. The van der Waals surface area contributed by atoms with Crippen molar-refractivity contribution in [1.29, 1.82) is 0 Å². The highest BCUT2D eigenvalue weighted by atomic mass is 16.6. The van der Waals surface area contributed by atoms with Gasteiger partial charge in [0.05, 0.1) is 13.2 Å². The van der Waals surface area contributed by atoms with Crippen molar-refractivity contribution in [2.24, 2.45) is 11.8 Å². The van der Waals surface area contributed by atoms with Gasteiger partial charge < -0.3 is 9.47 Å². The average Bonchev–Trinajstić information content (AvgIpc) is 2.49. The van der Waals surface area contributed by atoms with Gasteiger partial charge in [0.1, 0.15) is 0 Å². The number of carbonyl (C=O) groups is 2. The Bertz CT molecular complexity index is 373. The molecule has 7 nitrogen and oxygen atoms in total. The van der Waals surface area contributed by atoms with Crippen LogP contribution in [0.25, 0.3) is 0 Å². The van der Waals surface area contributed by atoms with E-state index in [-0.39, 0.29) is 30.5 Å². The van der Waals surface area contributed by atoms with E-state index in [9.17, 15) is 19.7 Å². The molecule has 0 heterocycles. The molecule has 0 saturated heterocycles. The maximum absolute atomic E-state index is 12.0. The molecular weight excluding hydrogens is 290 g/mol. The number of nitrogens with zero attached hydrogens (tertiary/aromatic N) is 1. The van der Waals surface area contributed by atoms with E-state index in [1.165, 1.54) is 0 Å². The van der Waals surface area contributed by atoms with Gasteiger partial charge in [-0.05, 0) is 26.7 Å². The zero-order valence-electron chi connectivity index (χ0n) is 13.3. The second-order valence-corrected chi connectivity index (χ2v) is 5.54. The van der Waals surface area contributed by atoms with Crippen LogP contribution in [0.1, 0.15) is 52.4 Å². The molecule has 0 bridgehead atoms. The van der Waals surface area contributed by atoms with Crippen molar-refractivity contribution >= 4 is 11.9 Å². The molecule has 1 aliphatic rings. The van der Waals surface area contributed by atoms with E-state index in [4.69, 9.17) is 9.47 Å². The van der Waals surface area contributed by atoms with E-state index in [0.29, 0.717) is 0 Å². The molecule has 1 saturated carbocycles. The zero-order valence-corrected chi connectivity index (χ0v) is 13.3. The van der Waals surface area contributed by atoms with Crippen molar-refractivity contribution < 1.29 is 24.0 Å². The van der Waals surface area contributed by atoms with Gasteiger partial charge in [-0.1, -0.05) is 19.3 Å². The Morgan fingerprint density at radius 3 is 2.00 bits per heavy atom. The standard InChI is InChI=1S/C15H25NO6/c1-3-21-14(17)12(15(18)22-4-2)10-13(16(19)20)11-8-6-5-7-9-11/h11-13H,3-10H2,1-2H3/t13-/m0/s1. The summed E-state index contributed by atoms with van der Waals surface area (Å²) in [4.78, 5) is 34.9. The van der Waals surface area contributed by atoms with Gasteiger partial charge in [0, 0.05) is 17.3 Å². The highest BCUT2D eigenvalue weighted by molar-refractivity contribution is 5.94. The number of rotatable bonds is 8. The van der Waals surface area contributed by atoms with Crippen LogP contribution >= 0.6 is 0 Å². The molecule has 0 N–H and O–H groups in total. The Kier molecular flexibility index (Phi) is 7.84. The summed E-state index contributed by atoms with van der Waals surface area (Å²) in [6.07, 6.45) is 4.39. The number of nitro groups is 1. The minimum atomic E-state index is -1.21. The fourth-order valence-corrected chi connectivity index (χ4v) is 2.99. The first-order valence-corrected chi connectivity index (χ1v) is 7.98. The van der Waals surface area contributed by atoms with Crippen LogP contribution in [-0.2, 0) is 19.1 Å². The summed E-state index contributed by atoms with van der Waals surface area (Å²) >= 11 is 0. The third-order valence-electron chi connectivity index (χ3n) is 4.08. The lowest BCUT2D eigenvalue weighted by molar-refractivity contribution is -0.535. The predicted molar refractivity (Wildman–Crippen MR) is 78.7 cm³/mol. The number of hydrogen-bond acceptors (Lipinski definition) is 6. The molecule has 1 fully saturated rings. The predicted octanol–water partition coefficient (Wildman–Crippen LogP) is 2.34. The topological polar surface area (TPSA) is 95.7 Å². The molecule has 0 amide bonds. The smallest absolute Gasteiger partial charge is 0.320 e. The SMILES string of the molecule is CCOC(=O)C(C[C@@H](C1CCCCC1)[N+](=O)[O-])C(=O)OCC. The number of esters is 2. The molecule has 0 radical (unpaired) electrons. The number of ether oxygens (including phenoxy) is 2. The summed E-state index contributed by atoms with van der Waals surface area (Å²) in [5.41, 5.74) is 0. The van der Waals surface area contributed by atoms with Crippen LogP contribution in [0, 0.1) is 22.0 Å². The third-order valence-corrected chi connectivity index (χ3v) is 4.08. The second kappa shape index (κ2) is 9.38. The van der Waals surface area contributed by atoms with Gasteiger partial charge >= 0.3 is 11.9 Å². The first-order chi connectivity index (χ1) is 10.5. The van der Waals surface area contributed by atoms with Crippen molar-refractivity contribution in [3.05, 3.63) is 10.1 Å². The largest absolute Gasteiger partial charge is 0.465 e. The van der Waals surface area contributed by atoms with Crippen molar-refractivity contribution in [2.45, 2.75) is 58.4 Å². The fraction of sp³-hybridized carbons (Fsp3) is 0.867. The zero-order chi connectivity index (χ0) is 16.5. The molecule has 0 spiro atoms. The Labute approximate surface area is 130 Å². The van der Waals surface area contributed by atoms with Gasteiger partial charge in [-0.2, -0.15) is 0 Å². The lowest BCUT2D eigenvalue weighted by atomic mass is 9.80. The Morgan fingerprint density at radius 2 is 1.59 bits per heavy atom. The lowest BCUT2D eigenvalue weighted by Gasteiger charge is -2.26. The van der Waals surface area contributed by atoms with Crippen LogP contribution < -0.4 is 0 Å². The Morgan fingerprint density at radius 1 is 1.09 bits per heavy atom. The van der Waals surface area contributed by atoms with Crippen molar-refractivity contribution in [3.63, 3.8) is 0 Å². The highest BCUT2D eigenvalue weighted by Gasteiger charge is 2.41. The maximum Gasteiger partial charge on any atom is 0.320 e. The summed E-state index contributed by atoms with van der Waals surface area (Å²) in [6.45, 7) is 3.51. The van der Waals surface area contributed by atoms with E-state index in [0.717, 1.165) is 32.1 Å². The Hall–Kier alpha value is -1.66. The van der Waals surface area contributed by atoms with Crippen LogP contribution in [0.15, 0.2) is 0 Å². The van der Waals surface area contributed by atoms with E-state index in [1.54, 1.807) is 13.8 Å². The quantitative estimate of drug-likeness (QED) is 0.295. The summed E-state index contributed by atoms with van der Waals surface area (Å²) < 4.78 is 9.75. The monoisotopic (exact) mass is 315 g/mol. The molecular formula is C15H25NO6. The normalized spacial score (nSPS) is 17.0. The molecule has 0 aromatic heterocycles. The van der Waals surface area contributed by atoms with E-state index < -0.39 is 23.9 Å². The van der Waals surface area contributed by atoms with E-state index >= 15 is 0 Å². The van der Waals surface area contributed by atoms with Gasteiger partial charge in [0.15, 0.2) is 5.92 Å². The molecule has 22 heavy (non-hydrogen) atoms. The van der Waals surface area contributed by atoms with Gasteiger partial charge in [0.2, 0.25) is 6.04 Å². The molecule has 1 rings (SSSR count). The first-order valence-electron chi connectivity index (χ1n) is 7.98. The fourth-order valence-electron chi connectivity index (χ4n) is 2.99. The van der Waals surface area contributed by atoms with Crippen LogP contribution in [-0.4, -0.2) is 36.1 Å². The van der Waals surface area contributed by atoms with Crippen molar-refractivity contribution in [3.8, 4) is 0 Å². The summed E-state index contributed by atoms with van der Waals surface area (Å²) in [5.74, 6) is -2.76. The van der Waals surface area contributed by atoms with Crippen LogP contribution in [0.4, 0.5) is 0 Å². The highest BCUT2D eigenvalue weighted by Crippen LogP contribution is 2.31. The van der Waals surface area contributed by atoms with Gasteiger partial charge in [-0.3, -0.25) is 19.7 Å². The molecule has 126 valence electrons. The van der Waals surface area contributed by atoms with E-state index in [1.807, 2.05) is 0 Å². The molecule has 7 heteroatoms. The van der Waals surface area contributed by atoms with Crippen molar-refractivity contribution in [1.82, 2.24) is 0 Å².